The molecule has 0 bridgehead atoms. The first kappa shape index (κ1) is 21.9. The van der Waals surface area contributed by atoms with Gasteiger partial charge in [0.1, 0.15) is 17.1 Å². The lowest BCUT2D eigenvalue weighted by Crippen LogP contribution is -2.53. The molecule has 2 fully saturated rings. The van der Waals surface area contributed by atoms with Crippen LogP contribution in [-0.4, -0.2) is 58.8 Å². The number of amides is 1. The molecule has 2 saturated heterocycles. The molecule has 160 valence electrons. The average Bonchev–Trinajstić information content (AvgIpc) is 3.20. The maximum absolute atomic E-state index is 12.5. The number of β-amino-alcohol motifs (C(OH)–C–C–N with tert-alkyl or cyclic N) is 1. The zero-order valence-electron chi connectivity index (χ0n) is 17.8. The van der Waals surface area contributed by atoms with E-state index in [0.717, 1.165) is 18.7 Å². The van der Waals surface area contributed by atoms with Gasteiger partial charge in [-0.25, -0.2) is 0 Å². The number of fused-ring (bicyclic) bond motifs is 1. The summed E-state index contributed by atoms with van der Waals surface area (Å²) in [4.78, 5) is 23.6. The number of aromatic nitrogens is 2. The second kappa shape index (κ2) is 9.83. The monoisotopic (exact) mass is 410 g/mol. The SMILES string of the molecule is CC.C[C@H]1C[C@@H](NC(=O)[C@@H]2CC(O)CN2)CN(c2ccc(C#N)c3nccnc23)C1. The van der Waals surface area contributed by atoms with Crippen LogP contribution in [0.5, 0.6) is 0 Å². The van der Waals surface area contributed by atoms with Gasteiger partial charge in [-0.1, -0.05) is 20.8 Å². The van der Waals surface area contributed by atoms with Crippen molar-refractivity contribution >= 4 is 22.6 Å². The van der Waals surface area contributed by atoms with Crippen molar-refractivity contribution in [2.45, 2.75) is 51.8 Å². The van der Waals surface area contributed by atoms with Crippen molar-refractivity contribution in [3.8, 4) is 6.07 Å². The molecule has 4 atom stereocenters. The minimum absolute atomic E-state index is 0.0122. The fourth-order valence-corrected chi connectivity index (χ4v) is 4.26. The maximum Gasteiger partial charge on any atom is 0.237 e. The summed E-state index contributed by atoms with van der Waals surface area (Å²) in [6.45, 7) is 8.15. The van der Waals surface area contributed by atoms with Crippen LogP contribution in [0.15, 0.2) is 24.5 Å². The highest BCUT2D eigenvalue weighted by atomic mass is 16.3. The lowest BCUT2D eigenvalue weighted by molar-refractivity contribution is -0.123. The number of benzene rings is 1. The number of rotatable bonds is 3. The second-order valence-electron chi connectivity index (χ2n) is 7.80. The highest BCUT2D eigenvalue weighted by Gasteiger charge is 2.32. The van der Waals surface area contributed by atoms with Gasteiger partial charge >= 0.3 is 0 Å². The Morgan fingerprint density at radius 3 is 2.63 bits per heavy atom. The van der Waals surface area contributed by atoms with Crippen molar-refractivity contribution in [3.05, 3.63) is 30.1 Å². The van der Waals surface area contributed by atoms with Gasteiger partial charge in [-0.2, -0.15) is 5.26 Å². The van der Waals surface area contributed by atoms with Gasteiger partial charge in [0.05, 0.1) is 23.4 Å². The van der Waals surface area contributed by atoms with Gasteiger partial charge in [0.2, 0.25) is 5.91 Å². The average molecular weight is 411 g/mol. The first-order chi connectivity index (χ1) is 14.5. The summed E-state index contributed by atoms with van der Waals surface area (Å²) in [5.41, 5.74) is 2.75. The molecule has 1 amide bonds. The molecule has 2 aromatic rings. The fraction of sp³-hybridized carbons (Fsp3) is 0.545. The van der Waals surface area contributed by atoms with Crippen LogP contribution in [-0.2, 0) is 4.79 Å². The predicted molar refractivity (Wildman–Crippen MR) is 116 cm³/mol. The molecule has 30 heavy (non-hydrogen) atoms. The smallest absolute Gasteiger partial charge is 0.237 e. The molecular weight excluding hydrogens is 380 g/mol. The van der Waals surface area contributed by atoms with Crippen molar-refractivity contribution in [3.63, 3.8) is 0 Å². The van der Waals surface area contributed by atoms with E-state index in [1.165, 1.54) is 0 Å². The Hall–Kier alpha value is -2.76. The topological polar surface area (TPSA) is 114 Å². The van der Waals surface area contributed by atoms with Crippen LogP contribution in [0.4, 0.5) is 5.69 Å². The van der Waals surface area contributed by atoms with E-state index in [2.05, 4.69) is 38.5 Å². The quantitative estimate of drug-likeness (QED) is 0.704. The van der Waals surface area contributed by atoms with E-state index in [9.17, 15) is 15.2 Å². The Labute approximate surface area is 177 Å². The van der Waals surface area contributed by atoms with Crippen molar-refractivity contribution in [1.29, 1.82) is 5.26 Å². The van der Waals surface area contributed by atoms with Crippen LogP contribution in [0.3, 0.4) is 0 Å². The lowest BCUT2D eigenvalue weighted by Gasteiger charge is -2.38. The van der Waals surface area contributed by atoms with Gasteiger partial charge in [-0.05, 0) is 30.9 Å². The first-order valence-electron chi connectivity index (χ1n) is 10.7. The van der Waals surface area contributed by atoms with E-state index < -0.39 is 6.10 Å². The molecule has 0 saturated carbocycles. The van der Waals surface area contributed by atoms with Crippen molar-refractivity contribution < 1.29 is 9.90 Å². The van der Waals surface area contributed by atoms with Crippen LogP contribution in [0.2, 0.25) is 0 Å². The Morgan fingerprint density at radius 1 is 1.23 bits per heavy atom. The lowest BCUT2D eigenvalue weighted by atomic mass is 9.94. The molecule has 3 N–H and O–H groups in total. The Morgan fingerprint density at radius 2 is 1.97 bits per heavy atom. The molecule has 1 aromatic carbocycles. The number of piperidine rings is 1. The van der Waals surface area contributed by atoms with Crippen LogP contribution < -0.4 is 15.5 Å². The number of hydrogen-bond donors (Lipinski definition) is 3. The summed E-state index contributed by atoms with van der Waals surface area (Å²) < 4.78 is 0. The summed E-state index contributed by atoms with van der Waals surface area (Å²) in [7, 11) is 0. The normalized spacial score (nSPS) is 25.9. The van der Waals surface area contributed by atoms with E-state index in [1.54, 1.807) is 18.5 Å². The minimum Gasteiger partial charge on any atom is -0.392 e. The number of aliphatic hydroxyl groups excluding tert-OH is 1. The molecule has 2 aliphatic heterocycles. The standard InChI is InChI=1S/C20H24N6O2.C2H6/c1-12-6-14(25-20(28)16-7-15(27)9-24-16)11-26(10-12)17-3-2-13(8-21)18-19(17)23-5-4-22-18;1-2/h2-5,12,14-16,24,27H,6-7,9-11H2,1H3,(H,25,28);1-2H3/t12-,14+,15?,16-;/m0./s1. The molecule has 0 radical (unpaired) electrons. The summed E-state index contributed by atoms with van der Waals surface area (Å²) in [5.74, 6) is 0.337. The summed E-state index contributed by atoms with van der Waals surface area (Å²) in [6, 6.07) is 5.55. The zero-order valence-corrected chi connectivity index (χ0v) is 17.8. The number of hydrogen-bond acceptors (Lipinski definition) is 7. The first-order valence-corrected chi connectivity index (χ1v) is 10.7. The van der Waals surface area contributed by atoms with E-state index in [1.807, 2.05) is 19.9 Å². The van der Waals surface area contributed by atoms with E-state index >= 15 is 0 Å². The van der Waals surface area contributed by atoms with Gasteiger partial charge in [-0.3, -0.25) is 14.8 Å². The van der Waals surface area contributed by atoms with Gasteiger partial charge in [0, 0.05) is 38.1 Å². The third-order valence-electron chi connectivity index (χ3n) is 5.50. The van der Waals surface area contributed by atoms with E-state index in [0.29, 0.717) is 42.0 Å². The molecule has 1 aromatic heterocycles. The number of carbonyl (C=O) groups is 1. The molecule has 0 aliphatic carbocycles. The molecule has 1 unspecified atom stereocenters. The molecule has 4 rings (SSSR count). The summed E-state index contributed by atoms with van der Waals surface area (Å²) >= 11 is 0. The number of nitrogens with one attached hydrogen (secondary N) is 2. The fourth-order valence-electron chi connectivity index (χ4n) is 4.26. The Kier molecular flexibility index (Phi) is 7.19. The number of anilines is 1. The van der Waals surface area contributed by atoms with Gasteiger partial charge < -0.3 is 20.6 Å². The van der Waals surface area contributed by atoms with E-state index in [4.69, 9.17) is 0 Å². The number of nitriles is 1. The summed E-state index contributed by atoms with van der Waals surface area (Å²) in [6.07, 6.45) is 4.13. The van der Waals surface area contributed by atoms with Crippen molar-refractivity contribution in [1.82, 2.24) is 20.6 Å². The highest BCUT2D eigenvalue weighted by molar-refractivity contribution is 5.92. The number of carbonyl (C=O) groups excluding carboxylic acids is 1. The predicted octanol–water partition coefficient (Wildman–Crippen LogP) is 1.58. The number of aliphatic hydroxyl groups is 1. The van der Waals surface area contributed by atoms with Gasteiger partial charge in [0.15, 0.2) is 0 Å². The third kappa shape index (κ3) is 4.69. The zero-order chi connectivity index (χ0) is 21.7. The summed E-state index contributed by atoms with van der Waals surface area (Å²) in [5, 5.41) is 25.2. The van der Waals surface area contributed by atoms with Crippen LogP contribution >= 0.6 is 0 Å². The molecule has 3 heterocycles. The number of nitrogens with zero attached hydrogens (tertiary/aromatic N) is 4. The minimum atomic E-state index is -0.457. The second-order valence-corrected chi connectivity index (χ2v) is 7.80. The van der Waals surface area contributed by atoms with Gasteiger partial charge in [0.25, 0.3) is 0 Å². The largest absolute Gasteiger partial charge is 0.392 e. The van der Waals surface area contributed by atoms with E-state index in [-0.39, 0.29) is 18.0 Å². The van der Waals surface area contributed by atoms with Gasteiger partial charge in [-0.15, -0.1) is 0 Å². The van der Waals surface area contributed by atoms with Crippen LogP contribution in [0.25, 0.3) is 11.0 Å². The highest BCUT2D eigenvalue weighted by Crippen LogP contribution is 2.30. The van der Waals surface area contributed by atoms with Crippen LogP contribution in [0.1, 0.15) is 39.2 Å². The Bertz CT molecular complexity index is 927. The molecule has 2 aliphatic rings. The maximum atomic E-state index is 12.5. The van der Waals surface area contributed by atoms with Crippen molar-refractivity contribution in [2.24, 2.45) is 5.92 Å². The third-order valence-corrected chi connectivity index (χ3v) is 5.50. The Balaban J connectivity index is 0.00000124. The van der Waals surface area contributed by atoms with Crippen molar-refractivity contribution in [2.75, 3.05) is 24.5 Å². The van der Waals surface area contributed by atoms with Crippen LogP contribution in [0, 0.1) is 17.2 Å². The molecule has 8 nitrogen and oxygen atoms in total. The molecule has 0 spiro atoms. The molecular formula is C22H30N6O2. The molecule has 8 heteroatoms.